The molecular formula is C10H6F3N5S2. The molecule has 3 heterocycles. The quantitative estimate of drug-likeness (QED) is 0.727. The van der Waals surface area contributed by atoms with Gasteiger partial charge in [-0.25, -0.2) is 4.98 Å². The van der Waals surface area contributed by atoms with Crippen LogP contribution in [-0.2, 0) is 6.18 Å². The third-order valence-electron chi connectivity index (χ3n) is 2.28. The summed E-state index contributed by atoms with van der Waals surface area (Å²) in [5.74, 6) is -1.13. The van der Waals surface area contributed by atoms with Crippen molar-refractivity contribution in [3.63, 3.8) is 0 Å². The summed E-state index contributed by atoms with van der Waals surface area (Å²) in [6, 6.07) is 3.03. The van der Waals surface area contributed by atoms with Gasteiger partial charge < -0.3 is 0 Å². The zero-order chi connectivity index (χ0) is 14.3. The third-order valence-corrected chi connectivity index (χ3v) is 4.27. The Labute approximate surface area is 118 Å². The molecule has 0 fully saturated rings. The molecule has 0 radical (unpaired) electrons. The first-order chi connectivity index (χ1) is 9.43. The van der Waals surface area contributed by atoms with Crippen molar-refractivity contribution in [2.75, 3.05) is 0 Å². The number of hydrogen-bond acceptors (Lipinski definition) is 6. The van der Waals surface area contributed by atoms with Crippen LogP contribution in [0.1, 0.15) is 11.5 Å². The minimum atomic E-state index is -4.59. The third kappa shape index (κ3) is 2.48. The van der Waals surface area contributed by atoms with E-state index in [0.29, 0.717) is 9.54 Å². The van der Waals surface area contributed by atoms with Crippen LogP contribution in [0.5, 0.6) is 0 Å². The summed E-state index contributed by atoms with van der Waals surface area (Å²) in [6.07, 6.45) is -4.59. The van der Waals surface area contributed by atoms with Crippen molar-refractivity contribution >= 4 is 28.7 Å². The lowest BCUT2D eigenvalue weighted by molar-refractivity contribution is -0.146. The van der Waals surface area contributed by atoms with Crippen LogP contribution >= 0.6 is 23.1 Å². The van der Waals surface area contributed by atoms with E-state index in [1.165, 1.54) is 29.2 Å². The normalized spacial score (nSPS) is 12.2. The van der Waals surface area contributed by atoms with Crippen LogP contribution in [0, 0.1) is 6.92 Å². The van der Waals surface area contributed by atoms with Crippen LogP contribution in [0.2, 0.25) is 0 Å². The number of thiazole rings is 1. The number of aromatic nitrogens is 5. The van der Waals surface area contributed by atoms with Gasteiger partial charge >= 0.3 is 6.18 Å². The van der Waals surface area contributed by atoms with E-state index < -0.39 is 12.0 Å². The minimum Gasteiger partial charge on any atom is -0.235 e. The van der Waals surface area contributed by atoms with Crippen molar-refractivity contribution in [2.45, 2.75) is 22.5 Å². The first-order valence-electron chi connectivity index (χ1n) is 5.33. The van der Waals surface area contributed by atoms with Gasteiger partial charge in [0.1, 0.15) is 5.03 Å². The summed E-state index contributed by atoms with van der Waals surface area (Å²) in [5.41, 5.74) is 0.913. The molecule has 0 saturated carbocycles. The number of alkyl halides is 3. The van der Waals surface area contributed by atoms with Crippen LogP contribution in [0.3, 0.4) is 0 Å². The first kappa shape index (κ1) is 13.3. The monoisotopic (exact) mass is 317 g/mol. The highest BCUT2D eigenvalue weighted by Gasteiger charge is 2.37. The van der Waals surface area contributed by atoms with Crippen molar-refractivity contribution in [3.8, 4) is 0 Å². The number of rotatable bonds is 2. The van der Waals surface area contributed by atoms with E-state index in [2.05, 4.69) is 20.3 Å². The predicted molar refractivity (Wildman–Crippen MR) is 66.8 cm³/mol. The summed E-state index contributed by atoms with van der Waals surface area (Å²) in [4.78, 5) is 4.22. The van der Waals surface area contributed by atoms with E-state index in [9.17, 15) is 13.2 Å². The molecule has 0 spiro atoms. The first-order valence-corrected chi connectivity index (χ1v) is 7.03. The molecule has 0 unspecified atom stereocenters. The summed E-state index contributed by atoms with van der Waals surface area (Å²) in [5, 5.41) is 12.7. The summed E-state index contributed by atoms with van der Waals surface area (Å²) in [6.45, 7) is 1.85. The van der Waals surface area contributed by atoms with E-state index in [1.807, 2.05) is 12.3 Å². The Morgan fingerprint density at radius 1 is 1.25 bits per heavy atom. The number of hydrogen-bond donors (Lipinski definition) is 0. The fourth-order valence-electron chi connectivity index (χ4n) is 1.47. The van der Waals surface area contributed by atoms with Crippen molar-refractivity contribution in [3.05, 3.63) is 29.0 Å². The van der Waals surface area contributed by atoms with Gasteiger partial charge in [0, 0.05) is 11.1 Å². The molecule has 10 heteroatoms. The molecule has 3 rings (SSSR count). The van der Waals surface area contributed by atoms with E-state index in [-0.39, 0.29) is 5.65 Å². The lowest BCUT2D eigenvalue weighted by Gasteiger charge is -2.03. The van der Waals surface area contributed by atoms with Gasteiger partial charge in [0.15, 0.2) is 9.99 Å². The number of nitrogens with zero attached hydrogens (tertiary/aromatic N) is 5. The molecule has 0 amide bonds. The SMILES string of the molecule is Cc1csc(Sc2ccc3nnc(C(F)(F)F)n3n2)n1. The Bertz CT molecular complexity index is 764. The molecule has 3 aromatic rings. The van der Waals surface area contributed by atoms with Gasteiger partial charge in [-0.15, -0.1) is 21.5 Å². The second-order valence-electron chi connectivity index (χ2n) is 3.82. The molecule has 104 valence electrons. The summed E-state index contributed by atoms with van der Waals surface area (Å²) >= 11 is 2.61. The van der Waals surface area contributed by atoms with E-state index in [0.717, 1.165) is 10.0 Å². The Kier molecular flexibility index (Phi) is 3.13. The molecule has 0 aliphatic carbocycles. The zero-order valence-corrected chi connectivity index (χ0v) is 11.6. The molecule has 0 saturated heterocycles. The molecule has 0 atom stereocenters. The lowest BCUT2D eigenvalue weighted by atomic mass is 10.5. The number of halogens is 3. The fraction of sp³-hybridized carbons (Fsp3) is 0.200. The van der Waals surface area contributed by atoms with Gasteiger partial charge in [-0.05, 0) is 30.8 Å². The number of aryl methyl sites for hydroxylation is 1. The Morgan fingerprint density at radius 3 is 2.70 bits per heavy atom. The van der Waals surface area contributed by atoms with Gasteiger partial charge in [0.25, 0.3) is 5.82 Å². The van der Waals surface area contributed by atoms with Gasteiger partial charge in [0.05, 0.1) is 0 Å². The average molecular weight is 317 g/mol. The highest BCUT2D eigenvalue weighted by atomic mass is 32.2. The molecule has 20 heavy (non-hydrogen) atoms. The van der Waals surface area contributed by atoms with Crippen LogP contribution in [0.15, 0.2) is 26.9 Å². The molecule has 5 nitrogen and oxygen atoms in total. The van der Waals surface area contributed by atoms with E-state index in [1.54, 1.807) is 6.07 Å². The van der Waals surface area contributed by atoms with E-state index >= 15 is 0 Å². The van der Waals surface area contributed by atoms with Gasteiger partial charge in [-0.3, -0.25) is 0 Å². The molecule has 0 aliphatic heterocycles. The van der Waals surface area contributed by atoms with Crippen LogP contribution in [0.25, 0.3) is 5.65 Å². The smallest absolute Gasteiger partial charge is 0.235 e. The van der Waals surface area contributed by atoms with Crippen LogP contribution in [-0.4, -0.2) is 24.8 Å². The Balaban J connectivity index is 2.01. The minimum absolute atomic E-state index is 0.0528. The fourth-order valence-corrected chi connectivity index (χ4v) is 3.21. The zero-order valence-electron chi connectivity index (χ0n) is 9.92. The maximum Gasteiger partial charge on any atom is 0.453 e. The van der Waals surface area contributed by atoms with Crippen molar-refractivity contribution < 1.29 is 13.2 Å². The van der Waals surface area contributed by atoms with Crippen molar-refractivity contribution in [2.24, 2.45) is 0 Å². The topological polar surface area (TPSA) is 56.0 Å². The second kappa shape index (κ2) is 4.70. The largest absolute Gasteiger partial charge is 0.453 e. The molecule has 0 aliphatic rings. The van der Waals surface area contributed by atoms with Crippen molar-refractivity contribution in [1.29, 1.82) is 0 Å². The van der Waals surface area contributed by atoms with Gasteiger partial charge in [-0.2, -0.15) is 22.8 Å². The maximum atomic E-state index is 12.7. The van der Waals surface area contributed by atoms with Gasteiger partial charge in [0.2, 0.25) is 0 Å². The standard InChI is InChI=1S/C10H6F3N5S2/c1-5-4-19-9(14-5)20-7-3-2-6-15-16-8(10(11,12)13)18(6)17-7/h2-4H,1H3. The molecular weight excluding hydrogens is 311 g/mol. The molecule has 3 aromatic heterocycles. The second-order valence-corrected chi connectivity index (χ2v) is 5.95. The Hall–Kier alpha value is -1.68. The van der Waals surface area contributed by atoms with Crippen molar-refractivity contribution in [1.82, 2.24) is 24.8 Å². The van der Waals surface area contributed by atoms with Crippen LogP contribution < -0.4 is 0 Å². The van der Waals surface area contributed by atoms with E-state index in [4.69, 9.17) is 0 Å². The highest BCUT2D eigenvalue weighted by molar-refractivity contribution is 8.00. The highest BCUT2D eigenvalue weighted by Crippen LogP contribution is 2.31. The van der Waals surface area contributed by atoms with Gasteiger partial charge in [-0.1, -0.05) is 0 Å². The number of fused-ring (bicyclic) bond motifs is 1. The maximum absolute atomic E-state index is 12.7. The summed E-state index contributed by atoms with van der Waals surface area (Å²) in [7, 11) is 0. The molecule has 0 N–H and O–H groups in total. The molecule has 0 aromatic carbocycles. The van der Waals surface area contributed by atoms with Crippen LogP contribution in [0.4, 0.5) is 13.2 Å². The molecule has 0 bridgehead atoms. The average Bonchev–Trinajstić information content (AvgIpc) is 2.94. The predicted octanol–water partition coefficient (Wildman–Crippen LogP) is 3.06. The summed E-state index contributed by atoms with van der Waals surface area (Å²) < 4.78 is 39.6. The lowest BCUT2D eigenvalue weighted by Crippen LogP contribution is -2.12. The Morgan fingerprint density at radius 2 is 2.05 bits per heavy atom.